The summed E-state index contributed by atoms with van der Waals surface area (Å²) < 4.78 is 5.56. The maximum Gasteiger partial charge on any atom is 0.251 e. The molecule has 1 amide bonds. The minimum atomic E-state index is -0.438. The van der Waals surface area contributed by atoms with Gasteiger partial charge in [0.15, 0.2) is 0 Å². The number of carbonyl (C=O) groups is 1. The zero-order valence-corrected chi connectivity index (χ0v) is 17.0. The molecule has 1 N–H and O–H groups in total. The molecule has 3 aromatic carbocycles. The Bertz CT molecular complexity index is 1140. The fourth-order valence-electron chi connectivity index (χ4n) is 3.26. The number of aromatic nitrogens is 2. The van der Waals surface area contributed by atoms with Crippen molar-refractivity contribution in [1.82, 2.24) is 15.5 Å². The maximum absolute atomic E-state index is 13.0. The van der Waals surface area contributed by atoms with E-state index in [9.17, 15) is 4.79 Å². The molecule has 0 fully saturated rings. The normalized spacial score (nSPS) is 11.8. The van der Waals surface area contributed by atoms with Crippen molar-refractivity contribution in [2.45, 2.75) is 26.3 Å². The number of carbonyl (C=O) groups excluding carboxylic acids is 1. The van der Waals surface area contributed by atoms with Crippen molar-refractivity contribution >= 4 is 5.91 Å². The summed E-state index contributed by atoms with van der Waals surface area (Å²) in [6.07, 6.45) is 0.549. The number of rotatable bonds is 6. The van der Waals surface area contributed by atoms with E-state index in [-0.39, 0.29) is 5.91 Å². The summed E-state index contributed by atoms with van der Waals surface area (Å²) in [5.41, 5.74) is 4.77. The highest BCUT2D eigenvalue weighted by Gasteiger charge is 2.23. The lowest BCUT2D eigenvalue weighted by molar-refractivity contribution is 0.0928. The van der Waals surface area contributed by atoms with Gasteiger partial charge in [-0.05, 0) is 42.7 Å². The smallest absolute Gasteiger partial charge is 0.251 e. The zero-order valence-electron chi connectivity index (χ0n) is 17.0. The molecule has 1 unspecified atom stereocenters. The molecule has 150 valence electrons. The molecular formula is C25H23N3O2. The predicted molar refractivity (Wildman–Crippen MR) is 116 cm³/mol. The van der Waals surface area contributed by atoms with Crippen LogP contribution in [-0.2, 0) is 6.42 Å². The summed E-state index contributed by atoms with van der Waals surface area (Å²) >= 11 is 0. The van der Waals surface area contributed by atoms with Crippen LogP contribution in [0.2, 0.25) is 0 Å². The van der Waals surface area contributed by atoms with Crippen LogP contribution < -0.4 is 5.32 Å². The summed E-state index contributed by atoms with van der Waals surface area (Å²) in [5.74, 6) is 0.720. The highest BCUT2D eigenvalue weighted by molar-refractivity contribution is 5.94. The van der Waals surface area contributed by atoms with Crippen LogP contribution in [-0.4, -0.2) is 16.0 Å². The molecule has 4 rings (SSSR count). The van der Waals surface area contributed by atoms with Crippen LogP contribution in [0.3, 0.4) is 0 Å². The molecule has 0 aliphatic heterocycles. The van der Waals surface area contributed by atoms with Gasteiger partial charge in [-0.3, -0.25) is 4.79 Å². The Kier molecular flexibility index (Phi) is 5.70. The lowest BCUT2D eigenvalue weighted by Gasteiger charge is -2.16. The van der Waals surface area contributed by atoms with E-state index in [4.69, 9.17) is 4.52 Å². The molecule has 0 aliphatic rings. The third-order valence-corrected chi connectivity index (χ3v) is 5.13. The molecular weight excluding hydrogens is 374 g/mol. The Morgan fingerprint density at radius 3 is 2.33 bits per heavy atom. The van der Waals surface area contributed by atoms with E-state index >= 15 is 0 Å². The first kappa shape index (κ1) is 19.6. The molecule has 0 saturated carbocycles. The van der Waals surface area contributed by atoms with Gasteiger partial charge in [-0.2, -0.15) is 4.98 Å². The van der Waals surface area contributed by atoms with Crippen LogP contribution in [0.5, 0.6) is 0 Å². The topological polar surface area (TPSA) is 68.0 Å². The van der Waals surface area contributed by atoms with Gasteiger partial charge in [-0.25, -0.2) is 0 Å². The molecule has 1 aromatic heterocycles. The molecule has 0 radical (unpaired) electrons. The van der Waals surface area contributed by atoms with Crippen LogP contribution in [0.1, 0.15) is 39.0 Å². The zero-order chi connectivity index (χ0) is 20.9. The maximum atomic E-state index is 13.0. The Morgan fingerprint density at radius 1 is 0.933 bits per heavy atom. The van der Waals surface area contributed by atoms with Crippen molar-refractivity contribution in [2.75, 3.05) is 0 Å². The van der Waals surface area contributed by atoms with Crippen molar-refractivity contribution in [1.29, 1.82) is 0 Å². The van der Waals surface area contributed by atoms with Gasteiger partial charge in [0.05, 0.1) is 0 Å². The van der Waals surface area contributed by atoms with Gasteiger partial charge < -0.3 is 9.84 Å². The fraction of sp³-hybridized carbons (Fsp3) is 0.160. The van der Waals surface area contributed by atoms with E-state index in [1.54, 1.807) is 0 Å². The van der Waals surface area contributed by atoms with Gasteiger partial charge in [0.2, 0.25) is 11.7 Å². The average molecular weight is 397 g/mol. The van der Waals surface area contributed by atoms with Gasteiger partial charge in [0.25, 0.3) is 5.91 Å². The second-order valence-corrected chi connectivity index (χ2v) is 7.34. The van der Waals surface area contributed by atoms with E-state index < -0.39 is 6.04 Å². The Balaban J connectivity index is 1.62. The van der Waals surface area contributed by atoms with Crippen molar-refractivity contribution < 1.29 is 9.32 Å². The molecule has 1 heterocycles. The van der Waals surface area contributed by atoms with E-state index in [0.29, 0.717) is 23.7 Å². The number of nitrogens with zero attached hydrogens (tertiary/aromatic N) is 2. The van der Waals surface area contributed by atoms with E-state index in [1.165, 1.54) is 0 Å². The van der Waals surface area contributed by atoms with Crippen molar-refractivity contribution in [3.8, 4) is 11.4 Å². The Labute approximate surface area is 175 Å². The van der Waals surface area contributed by atoms with Gasteiger partial charge in [0, 0.05) is 17.5 Å². The third-order valence-electron chi connectivity index (χ3n) is 5.13. The van der Waals surface area contributed by atoms with Crippen LogP contribution in [0.25, 0.3) is 11.4 Å². The molecule has 0 aliphatic carbocycles. The second-order valence-electron chi connectivity index (χ2n) is 7.34. The standard InChI is InChI=1S/C25H23N3O2/c1-17-13-14-21(15-18(17)2)24(29)26-22(16-19-9-5-3-6-10-19)25-27-23(28-30-25)20-11-7-4-8-12-20/h3-15,22H,16H2,1-2H3,(H,26,29). The molecule has 5 nitrogen and oxygen atoms in total. The van der Waals surface area contributed by atoms with E-state index in [1.807, 2.05) is 92.7 Å². The number of nitrogens with one attached hydrogen (secondary N) is 1. The van der Waals surface area contributed by atoms with E-state index in [0.717, 1.165) is 22.3 Å². The van der Waals surface area contributed by atoms with Crippen molar-refractivity contribution in [2.24, 2.45) is 0 Å². The largest absolute Gasteiger partial charge is 0.340 e. The second kappa shape index (κ2) is 8.74. The van der Waals surface area contributed by atoms with Gasteiger partial charge in [-0.15, -0.1) is 0 Å². The van der Waals surface area contributed by atoms with Gasteiger partial charge in [-0.1, -0.05) is 71.9 Å². The Hall–Kier alpha value is -3.73. The van der Waals surface area contributed by atoms with Crippen LogP contribution >= 0.6 is 0 Å². The minimum absolute atomic E-state index is 0.168. The molecule has 0 saturated heterocycles. The fourth-order valence-corrected chi connectivity index (χ4v) is 3.26. The quantitative estimate of drug-likeness (QED) is 0.493. The summed E-state index contributed by atoms with van der Waals surface area (Å²) in [6.45, 7) is 4.02. The molecule has 5 heteroatoms. The number of amides is 1. The minimum Gasteiger partial charge on any atom is -0.340 e. The summed E-state index contributed by atoms with van der Waals surface area (Å²) in [6, 6.07) is 24.8. The lowest BCUT2D eigenvalue weighted by Crippen LogP contribution is -2.30. The predicted octanol–water partition coefficient (Wildman–Crippen LogP) is 5.07. The first-order valence-corrected chi connectivity index (χ1v) is 9.91. The number of benzene rings is 3. The van der Waals surface area contributed by atoms with Crippen LogP contribution in [0, 0.1) is 13.8 Å². The average Bonchev–Trinajstić information content (AvgIpc) is 3.27. The Morgan fingerprint density at radius 2 is 1.63 bits per heavy atom. The third kappa shape index (κ3) is 4.46. The van der Waals surface area contributed by atoms with Gasteiger partial charge >= 0.3 is 0 Å². The number of hydrogen-bond acceptors (Lipinski definition) is 4. The lowest BCUT2D eigenvalue weighted by atomic mass is 10.0. The molecule has 4 aromatic rings. The van der Waals surface area contributed by atoms with Gasteiger partial charge in [0.1, 0.15) is 6.04 Å². The highest BCUT2D eigenvalue weighted by atomic mass is 16.5. The van der Waals surface area contributed by atoms with Crippen LogP contribution in [0.4, 0.5) is 0 Å². The summed E-state index contributed by atoms with van der Waals surface area (Å²) in [7, 11) is 0. The van der Waals surface area contributed by atoms with Crippen molar-refractivity contribution in [3.63, 3.8) is 0 Å². The molecule has 1 atom stereocenters. The molecule has 0 bridgehead atoms. The van der Waals surface area contributed by atoms with E-state index in [2.05, 4.69) is 15.5 Å². The summed E-state index contributed by atoms with van der Waals surface area (Å²) in [5, 5.41) is 7.19. The molecule has 0 spiro atoms. The molecule has 30 heavy (non-hydrogen) atoms. The van der Waals surface area contributed by atoms with Crippen molar-refractivity contribution in [3.05, 3.63) is 107 Å². The summed E-state index contributed by atoms with van der Waals surface area (Å²) in [4.78, 5) is 17.5. The number of hydrogen-bond donors (Lipinski definition) is 1. The van der Waals surface area contributed by atoms with Crippen LogP contribution in [0.15, 0.2) is 83.4 Å². The number of aryl methyl sites for hydroxylation is 2. The monoisotopic (exact) mass is 397 g/mol. The SMILES string of the molecule is Cc1ccc(C(=O)NC(Cc2ccccc2)c2nc(-c3ccccc3)no2)cc1C. The first-order chi connectivity index (χ1) is 14.6. The highest BCUT2D eigenvalue weighted by Crippen LogP contribution is 2.22. The first-order valence-electron chi connectivity index (χ1n) is 9.91.